The van der Waals surface area contributed by atoms with Crippen LogP contribution in [-0.4, -0.2) is 19.3 Å². The molecule has 1 aromatic carbocycles. The van der Waals surface area contributed by atoms with E-state index in [0.29, 0.717) is 6.54 Å². The van der Waals surface area contributed by atoms with Gasteiger partial charge in [-0.2, -0.15) is 0 Å². The van der Waals surface area contributed by atoms with E-state index in [9.17, 15) is 0 Å². The molecule has 1 atom stereocenters. The third-order valence-electron chi connectivity index (χ3n) is 3.60. The lowest BCUT2D eigenvalue weighted by atomic mass is 10.00. The maximum atomic E-state index is 5.81. The molecule has 2 heteroatoms. The van der Waals surface area contributed by atoms with Crippen molar-refractivity contribution >= 4 is 5.57 Å². The maximum absolute atomic E-state index is 5.81. The minimum Gasteiger partial charge on any atom is -0.373 e. The third-order valence-corrected chi connectivity index (χ3v) is 3.60. The molecule has 0 spiro atoms. The van der Waals surface area contributed by atoms with Gasteiger partial charge in [0.1, 0.15) is 0 Å². The highest BCUT2D eigenvalue weighted by molar-refractivity contribution is 5.77. The Morgan fingerprint density at radius 2 is 2.19 bits per heavy atom. The second kappa shape index (κ2) is 4.04. The second-order valence-electron chi connectivity index (χ2n) is 4.54. The molecule has 0 amide bonds. The van der Waals surface area contributed by atoms with Gasteiger partial charge in [-0.15, -0.1) is 0 Å². The van der Waals surface area contributed by atoms with Crippen molar-refractivity contribution in [3.63, 3.8) is 0 Å². The van der Waals surface area contributed by atoms with Gasteiger partial charge in [0.15, 0.2) is 0 Å². The largest absolute Gasteiger partial charge is 0.373 e. The van der Waals surface area contributed by atoms with Crippen LogP contribution in [0, 0.1) is 0 Å². The molecule has 0 aromatic heterocycles. The third kappa shape index (κ3) is 1.49. The van der Waals surface area contributed by atoms with Crippen LogP contribution >= 0.6 is 0 Å². The highest BCUT2D eigenvalue weighted by Gasteiger charge is 2.28. The fourth-order valence-electron chi connectivity index (χ4n) is 2.84. The first-order valence-electron chi connectivity index (χ1n) is 6.02. The van der Waals surface area contributed by atoms with Gasteiger partial charge < -0.3 is 10.5 Å². The summed E-state index contributed by atoms with van der Waals surface area (Å²) >= 11 is 0. The molecule has 0 radical (unpaired) electrons. The van der Waals surface area contributed by atoms with Crippen LogP contribution in [0.15, 0.2) is 29.8 Å². The van der Waals surface area contributed by atoms with Crippen LogP contribution < -0.4 is 5.73 Å². The van der Waals surface area contributed by atoms with Crippen molar-refractivity contribution in [2.24, 2.45) is 5.73 Å². The Balaban J connectivity index is 2.04. The smallest absolute Gasteiger partial charge is 0.0916 e. The lowest BCUT2D eigenvalue weighted by Gasteiger charge is -2.15. The molecule has 1 unspecified atom stereocenters. The van der Waals surface area contributed by atoms with E-state index in [1.807, 2.05) is 0 Å². The quantitative estimate of drug-likeness (QED) is 0.779. The van der Waals surface area contributed by atoms with Crippen LogP contribution in [0.25, 0.3) is 5.57 Å². The van der Waals surface area contributed by atoms with E-state index < -0.39 is 0 Å². The van der Waals surface area contributed by atoms with Crippen molar-refractivity contribution in [1.29, 1.82) is 0 Å². The van der Waals surface area contributed by atoms with Gasteiger partial charge >= 0.3 is 0 Å². The molecule has 2 aliphatic rings. The fraction of sp³-hybridized carbons (Fsp3) is 0.429. The first kappa shape index (κ1) is 10.1. The van der Waals surface area contributed by atoms with Crippen molar-refractivity contribution in [3.8, 4) is 0 Å². The van der Waals surface area contributed by atoms with E-state index in [0.717, 1.165) is 25.9 Å². The zero-order valence-electron chi connectivity index (χ0n) is 9.41. The van der Waals surface area contributed by atoms with Gasteiger partial charge in [-0.1, -0.05) is 24.3 Å². The van der Waals surface area contributed by atoms with Crippen molar-refractivity contribution in [1.82, 2.24) is 0 Å². The summed E-state index contributed by atoms with van der Waals surface area (Å²) in [7, 11) is 0. The average molecular weight is 215 g/mol. The Kier molecular flexibility index (Phi) is 2.54. The maximum Gasteiger partial charge on any atom is 0.0916 e. The van der Waals surface area contributed by atoms with Crippen molar-refractivity contribution in [2.75, 3.05) is 13.2 Å². The molecular formula is C14H17NO. The van der Waals surface area contributed by atoms with E-state index in [-0.39, 0.29) is 6.10 Å². The van der Waals surface area contributed by atoms with Gasteiger partial charge in [0.25, 0.3) is 0 Å². The molecule has 1 aliphatic heterocycles. The van der Waals surface area contributed by atoms with E-state index in [2.05, 4.69) is 24.3 Å². The zero-order chi connectivity index (χ0) is 11.0. The Labute approximate surface area is 96.1 Å². The number of ether oxygens (including phenoxy) is 1. The topological polar surface area (TPSA) is 35.2 Å². The number of allylic oxidation sites excluding steroid dienone is 1. The number of rotatable bonds is 1. The summed E-state index contributed by atoms with van der Waals surface area (Å²) in [6.07, 6.45) is 3.43. The molecule has 16 heavy (non-hydrogen) atoms. The number of hydrogen-bond acceptors (Lipinski definition) is 2. The lowest BCUT2D eigenvalue weighted by Crippen LogP contribution is -2.26. The first-order valence-corrected chi connectivity index (χ1v) is 6.02. The van der Waals surface area contributed by atoms with Gasteiger partial charge in [0, 0.05) is 13.2 Å². The predicted molar refractivity (Wildman–Crippen MR) is 65.1 cm³/mol. The van der Waals surface area contributed by atoms with Gasteiger partial charge in [-0.05, 0) is 41.5 Å². The summed E-state index contributed by atoms with van der Waals surface area (Å²) in [5, 5.41) is 0. The van der Waals surface area contributed by atoms with Crippen molar-refractivity contribution < 1.29 is 4.74 Å². The van der Waals surface area contributed by atoms with Gasteiger partial charge in [0.05, 0.1) is 6.10 Å². The summed E-state index contributed by atoms with van der Waals surface area (Å²) in [4.78, 5) is 0. The summed E-state index contributed by atoms with van der Waals surface area (Å²) < 4.78 is 5.81. The van der Waals surface area contributed by atoms with E-state index in [1.165, 1.54) is 22.3 Å². The van der Waals surface area contributed by atoms with E-state index in [4.69, 9.17) is 10.5 Å². The molecule has 2 N–H and O–H groups in total. The highest BCUT2D eigenvalue weighted by Crippen LogP contribution is 2.39. The average Bonchev–Trinajstić information content (AvgIpc) is 2.56. The number of hydrogen-bond donors (Lipinski definition) is 1. The van der Waals surface area contributed by atoms with Crippen LogP contribution in [-0.2, 0) is 11.2 Å². The summed E-state index contributed by atoms with van der Waals surface area (Å²) in [5.41, 5.74) is 11.6. The molecule has 0 saturated carbocycles. The molecule has 2 nitrogen and oxygen atoms in total. The molecule has 0 fully saturated rings. The fourth-order valence-corrected chi connectivity index (χ4v) is 2.84. The van der Waals surface area contributed by atoms with Crippen molar-refractivity contribution in [2.45, 2.75) is 25.4 Å². The van der Waals surface area contributed by atoms with Gasteiger partial charge in [0.2, 0.25) is 0 Å². The molecule has 3 rings (SSSR count). The van der Waals surface area contributed by atoms with Crippen LogP contribution in [0.4, 0.5) is 0 Å². The number of benzene rings is 1. The Morgan fingerprint density at radius 3 is 3.06 bits per heavy atom. The second-order valence-corrected chi connectivity index (χ2v) is 4.54. The predicted octanol–water partition coefficient (Wildman–Crippen LogP) is 2.13. The highest BCUT2D eigenvalue weighted by atomic mass is 16.5. The normalized spacial score (nSPS) is 23.9. The Hall–Kier alpha value is -1.12. The van der Waals surface area contributed by atoms with Crippen LogP contribution in [0.1, 0.15) is 24.0 Å². The minimum atomic E-state index is 0.143. The zero-order valence-corrected chi connectivity index (χ0v) is 9.41. The summed E-state index contributed by atoms with van der Waals surface area (Å²) in [6.45, 7) is 1.45. The molecule has 0 bridgehead atoms. The molecule has 1 aliphatic carbocycles. The summed E-state index contributed by atoms with van der Waals surface area (Å²) in [6, 6.07) is 8.69. The first-order chi connectivity index (χ1) is 7.90. The minimum absolute atomic E-state index is 0.143. The SMILES string of the molecule is NCC1OCCCC2=C1Cc1ccccc12. The Bertz CT molecular complexity index is 436. The van der Waals surface area contributed by atoms with Crippen LogP contribution in [0.3, 0.4) is 0 Å². The summed E-state index contributed by atoms with van der Waals surface area (Å²) in [5.74, 6) is 0. The molecule has 1 heterocycles. The van der Waals surface area contributed by atoms with Gasteiger partial charge in [-0.25, -0.2) is 0 Å². The standard InChI is InChI=1S/C14H17NO/c15-9-14-13-8-10-4-1-2-5-11(10)12(13)6-3-7-16-14/h1-2,4-5,14H,3,6-9,15H2. The monoisotopic (exact) mass is 215 g/mol. The Morgan fingerprint density at radius 1 is 1.31 bits per heavy atom. The molecule has 0 saturated heterocycles. The van der Waals surface area contributed by atoms with Gasteiger partial charge in [-0.3, -0.25) is 0 Å². The van der Waals surface area contributed by atoms with Crippen LogP contribution in [0.2, 0.25) is 0 Å². The molecule has 84 valence electrons. The number of fused-ring (bicyclic) bond motifs is 2. The lowest BCUT2D eigenvalue weighted by molar-refractivity contribution is 0.0853. The number of nitrogens with two attached hydrogens (primary N) is 1. The van der Waals surface area contributed by atoms with E-state index in [1.54, 1.807) is 0 Å². The van der Waals surface area contributed by atoms with Crippen molar-refractivity contribution in [3.05, 3.63) is 41.0 Å². The molecular weight excluding hydrogens is 198 g/mol. The van der Waals surface area contributed by atoms with E-state index >= 15 is 0 Å². The van der Waals surface area contributed by atoms with Crippen LogP contribution in [0.5, 0.6) is 0 Å². The molecule has 1 aromatic rings.